The standard InChI is InChI=1S/C25H23F2N3O4/c1-14(2)29-21-9-11-34-20-13-18(27)17(26)12-16(20)22(15-6-4-3-5-7-15)30(21)28-10-8-19(31)24(32)23(28)25(29)33/h3-8,10,12-14,21-22,32H,9,11H2,1-2H3/t21?,22-/m1/s1. The number of aromatic hydroxyl groups is 1. The van der Waals surface area contributed by atoms with Crippen LogP contribution in [0.1, 0.15) is 47.9 Å². The van der Waals surface area contributed by atoms with E-state index in [2.05, 4.69) is 0 Å². The maximum atomic E-state index is 14.5. The van der Waals surface area contributed by atoms with Crippen LogP contribution in [0, 0.1) is 11.6 Å². The van der Waals surface area contributed by atoms with Gasteiger partial charge in [-0.05, 0) is 25.5 Å². The van der Waals surface area contributed by atoms with Gasteiger partial charge in [0, 0.05) is 36.4 Å². The van der Waals surface area contributed by atoms with Gasteiger partial charge in [0.05, 0.1) is 6.61 Å². The number of hydrogen-bond donors (Lipinski definition) is 1. The maximum Gasteiger partial charge on any atom is 0.278 e. The second-order valence-corrected chi connectivity index (χ2v) is 8.64. The zero-order valence-electron chi connectivity index (χ0n) is 18.6. The fourth-order valence-corrected chi connectivity index (χ4v) is 4.85. The van der Waals surface area contributed by atoms with E-state index in [1.54, 1.807) is 4.90 Å². The summed E-state index contributed by atoms with van der Waals surface area (Å²) in [5.74, 6) is -3.03. The molecule has 1 N–H and O–H groups in total. The summed E-state index contributed by atoms with van der Waals surface area (Å²) in [6, 6.07) is 11.4. The molecule has 0 fully saturated rings. The molecule has 3 heterocycles. The third-order valence-electron chi connectivity index (χ3n) is 6.28. The van der Waals surface area contributed by atoms with E-state index in [0.29, 0.717) is 12.0 Å². The van der Waals surface area contributed by atoms with Gasteiger partial charge < -0.3 is 14.7 Å². The first-order chi connectivity index (χ1) is 16.3. The maximum absolute atomic E-state index is 14.5. The van der Waals surface area contributed by atoms with Gasteiger partial charge in [-0.3, -0.25) is 19.3 Å². The minimum atomic E-state index is -1.03. The van der Waals surface area contributed by atoms with Crippen molar-refractivity contribution in [3.8, 4) is 11.5 Å². The van der Waals surface area contributed by atoms with E-state index < -0.39 is 40.9 Å². The first kappa shape index (κ1) is 21.9. The van der Waals surface area contributed by atoms with Crippen molar-refractivity contribution in [1.29, 1.82) is 0 Å². The number of pyridine rings is 1. The molecule has 0 bridgehead atoms. The van der Waals surface area contributed by atoms with Crippen molar-refractivity contribution in [2.24, 2.45) is 0 Å². The van der Waals surface area contributed by atoms with Crippen LogP contribution in [-0.2, 0) is 0 Å². The van der Waals surface area contributed by atoms with Crippen LogP contribution in [0.5, 0.6) is 11.5 Å². The summed E-state index contributed by atoms with van der Waals surface area (Å²) in [5.41, 5.74) is 0.232. The van der Waals surface area contributed by atoms with Crippen LogP contribution >= 0.6 is 0 Å². The van der Waals surface area contributed by atoms with E-state index in [1.807, 2.05) is 49.2 Å². The van der Waals surface area contributed by atoms with Crippen LogP contribution in [0.25, 0.3) is 0 Å². The Morgan fingerprint density at radius 1 is 1.06 bits per heavy atom. The minimum Gasteiger partial charge on any atom is -0.502 e. The van der Waals surface area contributed by atoms with Crippen molar-refractivity contribution in [3.05, 3.63) is 93.4 Å². The molecule has 2 atom stereocenters. The molecule has 9 heteroatoms. The summed E-state index contributed by atoms with van der Waals surface area (Å²) in [6.07, 6.45) is 1.21. The third-order valence-corrected chi connectivity index (χ3v) is 6.28. The Bertz CT molecular complexity index is 1330. The van der Waals surface area contributed by atoms with Crippen molar-refractivity contribution in [1.82, 2.24) is 9.58 Å². The van der Waals surface area contributed by atoms with E-state index >= 15 is 0 Å². The van der Waals surface area contributed by atoms with Gasteiger partial charge in [0.1, 0.15) is 18.0 Å². The average molecular weight is 467 g/mol. The highest BCUT2D eigenvalue weighted by molar-refractivity contribution is 5.96. The number of aromatic nitrogens is 1. The molecule has 7 nitrogen and oxygen atoms in total. The van der Waals surface area contributed by atoms with Gasteiger partial charge in [-0.1, -0.05) is 30.3 Å². The largest absolute Gasteiger partial charge is 0.502 e. The Morgan fingerprint density at radius 2 is 1.76 bits per heavy atom. The molecule has 3 aromatic rings. The Hall–Kier alpha value is -3.88. The lowest BCUT2D eigenvalue weighted by Crippen LogP contribution is -2.64. The van der Waals surface area contributed by atoms with Gasteiger partial charge in [-0.15, -0.1) is 0 Å². The lowest BCUT2D eigenvalue weighted by Gasteiger charge is -2.52. The molecule has 2 aliphatic rings. The van der Waals surface area contributed by atoms with Crippen molar-refractivity contribution in [2.45, 2.75) is 38.5 Å². The summed E-state index contributed by atoms with van der Waals surface area (Å²) in [4.78, 5) is 27.3. The number of fused-ring (bicyclic) bond motifs is 4. The molecule has 0 radical (unpaired) electrons. The number of benzene rings is 2. The van der Waals surface area contributed by atoms with Crippen molar-refractivity contribution in [3.63, 3.8) is 0 Å². The van der Waals surface area contributed by atoms with Crippen LogP contribution in [0.2, 0.25) is 0 Å². The highest BCUT2D eigenvalue weighted by atomic mass is 19.2. The fourth-order valence-electron chi connectivity index (χ4n) is 4.85. The Kier molecular flexibility index (Phi) is 5.27. The van der Waals surface area contributed by atoms with Crippen LogP contribution in [0.4, 0.5) is 8.78 Å². The Labute approximate surface area is 194 Å². The number of amides is 1. The van der Waals surface area contributed by atoms with Gasteiger partial charge in [0.15, 0.2) is 23.1 Å². The molecule has 176 valence electrons. The predicted octanol–water partition coefficient (Wildman–Crippen LogP) is 3.53. The Morgan fingerprint density at radius 3 is 2.47 bits per heavy atom. The molecule has 0 spiro atoms. The zero-order chi connectivity index (χ0) is 24.1. The molecule has 1 aromatic heterocycles. The summed E-state index contributed by atoms with van der Waals surface area (Å²) in [7, 11) is 0. The van der Waals surface area contributed by atoms with Crippen LogP contribution in [-0.4, -0.2) is 39.4 Å². The SMILES string of the molecule is CC(C)N1C(=O)c2c(O)c(=O)ccn2N2C1CCOc1cc(F)c(F)cc1[C@H]2c1ccccc1. The van der Waals surface area contributed by atoms with E-state index in [-0.39, 0.29) is 24.1 Å². The smallest absolute Gasteiger partial charge is 0.278 e. The van der Waals surface area contributed by atoms with Crippen molar-refractivity contribution >= 4 is 5.91 Å². The van der Waals surface area contributed by atoms with Gasteiger partial charge in [-0.2, -0.15) is 0 Å². The van der Waals surface area contributed by atoms with Gasteiger partial charge in [-0.25, -0.2) is 8.78 Å². The van der Waals surface area contributed by atoms with E-state index in [1.165, 1.54) is 16.9 Å². The summed E-state index contributed by atoms with van der Waals surface area (Å²) >= 11 is 0. The highest BCUT2D eigenvalue weighted by Crippen LogP contribution is 2.41. The van der Waals surface area contributed by atoms with Gasteiger partial charge in [0.2, 0.25) is 5.43 Å². The molecular formula is C25H23F2N3O4. The highest BCUT2D eigenvalue weighted by Gasteiger charge is 2.45. The molecular weight excluding hydrogens is 444 g/mol. The van der Waals surface area contributed by atoms with E-state index in [4.69, 9.17) is 4.74 Å². The quantitative estimate of drug-likeness (QED) is 0.624. The second-order valence-electron chi connectivity index (χ2n) is 8.64. The van der Waals surface area contributed by atoms with Crippen LogP contribution < -0.4 is 15.2 Å². The number of ether oxygens (including phenoxy) is 1. The molecule has 1 unspecified atom stereocenters. The molecule has 2 aliphatic heterocycles. The molecule has 0 saturated heterocycles. The number of hydrogen-bond acceptors (Lipinski definition) is 5. The van der Waals surface area contributed by atoms with Crippen LogP contribution in [0.15, 0.2) is 59.5 Å². The molecule has 2 aromatic carbocycles. The summed E-state index contributed by atoms with van der Waals surface area (Å²) < 4.78 is 36.0. The summed E-state index contributed by atoms with van der Waals surface area (Å²) in [6.45, 7) is 3.81. The van der Waals surface area contributed by atoms with Crippen molar-refractivity contribution < 1.29 is 23.4 Å². The van der Waals surface area contributed by atoms with Gasteiger partial charge in [0.25, 0.3) is 5.91 Å². The minimum absolute atomic E-state index is 0.138. The summed E-state index contributed by atoms with van der Waals surface area (Å²) in [5, 5.41) is 12.4. The molecule has 0 saturated carbocycles. The lowest BCUT2D eigenvalue weighted by molar-refractivity contribution is 0.0407. The number of rotatable bonds is 2. The second kappa shape index (κ2) is 8.16. The first-order valence-electron chi connectivity index (χ1n) is 11.0. The predicted molar refractivity (Wildman–Crippen MR) is 120 cm³/mol. The first-order valence-corrected chi connectivity index (χ1v) is 11.0. The fraction of sp³-hybridized carbons (Fsp3) is 0.280. The zero-order valence-corrected chi connectivity index (χ0v) is 18.6. The van der Waals surface area contributed by atoms with E-state index in [9.17, 15) is 23.5 Å². The van der Waals surface area contributed by atoms with Crippen LogP contribution in [0.3, 0.4) is 0 Å². The van der Waals surface area contributed by atoms with E-state index in [0.717, 1.165) is 17.7 Å². The number of carbonyl (C=O) groups is 1. The third kappa shape index (κ3) is 3.30. The average Bonchev–Trinajstić information content (AvgIpc) is 2.80. The molecule has 5 rings (SSSR count). The molecule has 34 heavy (non-hydrogen) atoms. The number of halogens is 2. The molecule has 1 amide bonds. The number of nitrogens with zero attached hydrogens (tertiary/aromatic N) is 3. The number of carbonyl (C=O) groups excluding carboxylic acids is 1. The monoisotopic (exact) mass is 467 g/mol. The molecule has 0 aliphatic carbocycles. The lowest BCUT2D eigenvalue weighted by atomic mass is 9.94. The van der Waals surface area contributed by atoms with Gasteiger partial charge >= 0.3 is 0 Å². The normalized spacial score (nSPS) is 19.6. The topological polar surface area (TPSA) is 75.0 Å². The van der Waals surface area contributed by atoms with Crippen molar-refractivity contribution in [2.75, 3.05) is 11.6 Å². The Balaban J connectivity index is 1.86.